The second-order valence-electron chi connectivity index (χ2n) is 2.85. The van der Waals surface area contributed by atoms with Gasteiger partial charge in [0.2, 0.25) is 0 Å². The summed E-state index contributed by atoms with van der Waals surface area (Å²) < 4.78 is 4.37. The smallest absolute Gasteiger partial charge is 0.307 e. The molecule has 0 aromatic heterocycles. The van der Waals surface area contributed by atoms with E-state index in [0.29, 0.717) is 0 Å². The normalized spacial score (nSPS) is 10.3. The van der Waals surface area contributed by atoms with Gasteiger partial charge in [-0.25, -0.2) is 0 Å². The number of hydrogen-bond donors (Lipinski definition) is 0. The standard InChI is InChI=1S/C6H12.C5H8O2/c1-4-5-6(2)3;1-3-4-7-5(2)6/h4-6H,1-3H3;3-4H,1-2H3. The Balaban J connectivity index is 0. The van der Waals surface area contributed by atoms with E-state index in [1.54, 1.807) is 13.0 Å². The number of allylic oxidation sites excluding steroid dienone is 3. The molecule has 0 spiro atoms. The first-order valence-electron chi connectivity index (χ1n) is 4.45. The van der Waals surface area contributed by atoms with Crippen LogP contribution in [0.5, 0.6) is 0 Å². The monoisotopic (exact) mass is 184 g/mol. The van der Waals surface area contributed by atoms with Gasteiger partial charge in [0.05, 0.1) is 6.26 Å². The van der Waals surface area contributed by atoms with Crippen LogP contribution in [0.15, 0.2) is 24.5 Å². The number of carbonyl (C=O) groups excluding carboxylic acids is 1. The Hall–Kier alpha value is -1.05. The molecule has 0 unspecified atom stereocenters. The van der Waals surface area contributed by atoms with E-state index in [4.69, 9.17) is 0 Å². The summed E-state index contributed by atoms with van der Waals surface area (Å²) in [6, 6.07) is 0. The van der Waals surface area contributed by atoms with Crippen molar-refractivity contribution >= 4 is 5.97 Å². The van der Waals surface area contributed by atoms with Crippen LogP contribution in [0.3, 0.4) is 0 Å². The van der Waals surface area contributed by atoms with E-state index in [9.17, 15) is 4.79 Å². The Morgan fingerprint density at radius 2 is 1.77 bits per heavy atom. The number of esters is 1. The predicted octanol–water partition coefficient (Wildman–Crippen LogP) is 3.30. The second kappa shape index (κ2) is 11.0. The lowest BCUT2D eigenvalue weighted by Gasteiger charge is -1.86. The molecule has 0 saturated carbocycles. The molecule has 2 nitrogen and oxygen atoms in total. The minimum atomic E-state index is -0.280. The van der Waals surface area contributed by atoms with Gasteiger partial charge in [0.25, 0.3) is 0 Å². The number of carbonyl (C=O) groups is 1. The lowest BCUT2D eigenvalue weighted by molar-refractivity contribution is -0.135. The van der Waals surface area contributed by atoms with Crippen molar-refractivity contribution < 1.29 is 9.53 Å². The lowest BCUT2D eigenvalue weighted by Crippen LogP contribution is -1.88. The summed E-state index contributed by atoms with van der Waals surface area (Å²) in [5.74, 6) is 0.438. The van der Waals surface area contributed by atoms with Crippen LogP contribution >= 0.6 is 0 Å². The molecule has 0 rings (SSSR count). The largest absolute Gasteiger partial charge is 0.435 e. The van der Waals surface area contributed by atoms with Crippen molar-refractivity contribution in [3.8, 4) is 0 Å². The first-order chi connectivity index (χ1) is 6.04. The molecule has 0 aliphatic heterocycles. The van der Waals surface area contributed by atoms with E-state index in [-0.39, 0.29) is 5.97 Å². The quantitative estimate of drug-likeness (QED) is 0.374. The van der Waals surface area contributed by atoms with Crippen molar-refractivity contribution in [2.24, 2.45) is 5.92 Å². The highest BCUT2D eigenvalue weighted by Gasteiger charge is 1.80. The molecular weight excluding hydrogens is 164 g/mol. The molecule has 0 saturated heterocycles. The summed E-state index contributed by atoms with van der Waals surface area (Å²) in [7, 11) is 0. The van der Waals surface area contributed by atoms with Crippen LogP contribution in [-0.4, -0.2) is 5.97 Å². The molecule has 0 aliphatic rings. The van der Waals surface area contributed by atoms with Gasteiger partial charge < -0.3 is 4.74 Å². The molecule has 0 aliphatic carbocycles. The van der Waals surface area contributed by atoms with Gasteiger partial charge in [0.15, 0.2) is 0 Å². The molecule has 0 aromatic rings. The molecule has 13 heavy (non-hydrogen) atoms. The van der Waals surface area contributed by atoms with Crippen molar-refractivity contribution in [1.82, 2.24) is 0 Å². The summed E-state index contributed by atoms with van der Waals surface area (Å²) in [5, 5.41) is 0. The Labute approximate surface area is 81.3 Å². The molecule has 2 heteroatoms. The van der Waals surface area contributed by atoms with Crippen molar-refractivity contribution in [1.29, 1.82) is 0 Å². The highest BCUT2D eigenvalue weighted by Crippen LogP contribution is 1.90. The fraction of sp³-hybridized carbons (Fsp3) is 0.545. The molecule has 0 fully saturated rings. The van der Waals surface area contributed by atoms with Gasteiger partial charge in [0.1, 0.15) is 0 Å². The lowest BCUT2D eigenvalue weighted by atomic mass is 10.2. The van der Waals surface area contributed by atoms with Gasteiger partial charge in [-0.2, -0.15) is 0 Å². The van der Waals surface area contributed by atoms with Gasteiger partial charge in [-0.3, -0.25) is 4.79 Å². The third kappa shape index (κ3) is 24.8. The molecule has 0 N–H and O–H groups in total. The zero-order chi connectivity index (χ0) is 10.7. The third-order valence-electron chi connectivity index (χ3n) is 0.947. The van der Waals surface area contributed by atoms with Crippen molar-refractivity contribution in [2.45, 2.75) is 34.6 Å². The van der Waals surface area contributed by atoms with E-state index in [0.717, 1.165) is 5.92 Å². The van der Waals surface area contributed by atoms with Gasteiger partial charge >= 0.3 is 5.97 Å². The maximum atomic E-state index is 9.93. The van der Waals surface area contributed by atoms with Gasteiger partial charge in [-0.15, -0.1) is 0 Å². The molecule has 0 radical (unpaired) electrons. The average Bonchev–Trinajstić information content (AvgIpc) is 2.01. The molecule has 0 atom stereocenters. The third-order valence-corrected chi connectivity index (χ3v) is 0.947. The van der Waals surface area contributed by atoms with Crippen molar-refractivity contribution in [3.05, 3.63) is 24.5 Å². The molecule has 0 aromatic carbocycles. The molecule has 0 heterocycles. The summed E-state index contributed by atoms with van der Waals surface area (Å²) in [6.07, 6.45) is 7.24. The van der Waals surface area contributed by atoms with Gasteiger partial charge in [-0.1, -0.05) is 32.1 Å². The van der Waals surface area contributed by atoms with Crippen LogP contribution in [-0.2, 0) is 9.53 Å². The summed E-state index contributed by atoms with van der Waals surface area (Å²) >= 11 is 0. The summed E-state index contributed by atoms with van der Waals surface area (Å²) in [5.41, 5.74) is 0. The van der Waals surface area contributed by atoms with Crippen LogP contribution in [0, 0.1) is 5.92 Å². The fourth-order valence-corrected chi connectivity index (χ4v) is 0.549. The summed E-state index contributed by atoms with van der Waals surface area (Å²) in [6.45, 7) is 9.52. The maximum absolute atomic E-state index is 9.93. The van der Waals surface area contributed by atoms with Crippen molar-refractivity contribution in [3.63, 3.8) is 0 Å². The second-order valence-corrected chi connectivity index (χ2v) is 2.85. The Morgan fingerprint density at radius 1 is 1.23 bits per heavy atom. The van der Waals surface area contributed by atoms with Gasteiger partial charge in [0, 0.05) is 6.92 Å². The Morgan fingerprint density at radius 3 is 1.85 bits per heavy atom. The van der Waals surface area contributed by atoms with Crippen LogP contribution in [0.4, 0.5) is 0 Å². The zero-order valence-corrected chi connectivity index (χ0v) is 9.20. The Kier molecular flexibility index (Phi) is 12.2. The molecule has 0 bridgehead atoms. The minimum absolute atomic E-state index is 0.280. The highest BCUT2D eigenvalue weighted by atomic mass is 16.5. The van der Waals surface area contributed by atoms with E-state index in [1.807, 2.05) is 6.92 Å². The van der Waals surface area contributed by atoms with Crippen LogP contribution < -0.4 is 0 Å². The first kappa shape index (κ1) is 14.5. The number of rotatable bonds is 2. The zero-order valence-electron chi connectivity index (χ0n) is 9.20. The van der Waals surface area contributed by atoms with E-state index in [1.165, 1.54) is 13.2 Å². The number of hydrogen-bond acceptors (Lipinski definition) is 2. The predicted molar refractivity (Wildman–Crippen MR) is 56.2 cm³/mol. The maximum Gasteiger partial charge on any atom is 0.307 e. The van der Waals surface area contributed by atoms with Gasteiger partial charge in [-0.05, 0) is 19.8 Å². The molecule has 76 valence electrons. The SMILES string of the molecule is CC=CC(C)C.CC=COC(C)=O. The summed E-state index contributed by atoms with van der Waals surface area (Å²) in [4.78, 5) is 9.93. The van der Waals surface area contributed by atoms with Crippen molar-refractivity contribution in [2.75, 3.05) is 0 Å². The molecular formula is C11H20O2. The van der Waals surface area contributed by atoms with Crippen LogP contribution in [0.2, 0.25) is 0 Å². The van der Waals surface area contributed by atoms with E-state index in [2.05, 4.69) is 30.7 Å². The Bertz CT molecular complexity index is 167. The highest BCUT2D eigenvalue weighted by molar-refractivity contribution is 5.66. The van der Waals surface area contributed by atoms with E-state index >= 15 is 0 Å². The van der Waals surface area contributed by atoms with Crippen LogP contribution in [0.25, 0.3) is 0 Å². The first-order valence-corrected chi connectivity index (χ1v) is 4.45. The average molecular weight is 184 g/mol. The van der Waals surface area contributed by atoms with E-state index < -0.39 is 0 Å². The molecule has 0 amide bonds. The number of ether oxygens (including phenoxy) is 1. The topological polar surface area (TPSA) is 26.3 Å². The fourth-order valence-electron chi connectivity index (χ4n) is 0.549. The van der Waals surface area contributed by atoms with Crippen LogP contribution in [0.1, 0.15) is 34.6 Å². The minimum Gasteiger partial charge on any atom is -0.435 e.